The Kier molecular flexibility index (Phi) is 6.80. The average Bonchev–Trinajstić information content (AvgIpc) is 3.17. The quantitative estimate of drug-likeness (QED) is 0.180. The zero-order chi connectivity index (χ0) is 31.9. The Hall–Kier alpha value is -6.10. The molecule has 0 unspecified atom stereocenters. The van der Waals surface area contributed by atoms with E-state index in [1.165, 1.54) is 32.1 Å². The van der Waals surface area contributed by atoms with E-state index < -0.39 is 8.07 Å². The molecule has 0 atom stereocenters. The second kappa shape index (κ2) is 11.6. The predicted molar refractivity (Wildman–Crippen MR) is 202 cm³/mol. The molecule has 0 amide bonds. The summed E-state index contributed by atoms with van der Waals surface area (Å²) in [4.78, 5) is 12.7. The normalized spacial score (nSPS) is 13.1. The molecule has 0 radical (unpaired) electrons. The van der Waals surface area contributed by atoms with Gasteiger partial charge in [0.25, 0.3) is 0 Å². The molecule has 48 heavy (non-hydrogen) atoms. The van der Waals surface area contributed by atoms with Crippen LogP contribution >= 0.6 is 0 Å². The van der Waals surface area contributed by atoms with Gasteiger partial charge >= 0.3 is 0 Å². The summed E-state index contributed by atoms with van der Waals surface area (Å²) in [6.07, 6.45) is 0. The number of para-hydroxylation sites is 3. The van der Waals surface area contributed by atoms with Gasteiger partial charge in [0.05, 0.1) is 11.2 Å². The highest BCUT2D eigenvalue weighted by Gasteiger charge is 2.37. The smallest absolute Gasteiger partial charge is 0.160 e. The van der Waals surface area contributed by atoms with Gasteiger partial charge in [-0.25, -0.2) is 9.97 Å². The van der Waals surface area contributed by atoms with Gasteiger partial charge < -0.3 is 4.90 Å². The highest BCUT2D eigenvalue weighted by atomic mass is 28.3. The van der Waals surface area contributed by atoms with E-state index in [1.807, 2.05) is 12.1 Å². The lowest BCUT2D eigenvalue weighted by molar-refractivity contribution is 1.22. The van der Waals surface area contributed by atoms with Gasteiger partial charge in [0.1, 0.15) is 0 Å². The van der Waals surface area contributed by atoms with Gasteiger partial charge in [0, 0.05) is 33.6 Å². The molecule has 4 heteroatoms. The second-order valence-electron chi connectivity index (χ2n) is 12.2. The molecular weight excluding hydrogens is 599 g/mol. The largest absolute Gasteiger partial charge is 0.316 e. The Labute approximate surface area is 281 Å². The molecule has 3 nitrogen and oxygen atoms in total. The van der Waals surface area contributed by atoms with Crippen molar-refractivity contribution in [1.82, 2.24) is 9.97 Å². The van der Waals surface area contributed by atoms with Gasteiger partial charge in [0.2, 0.25) is 0 Å². The van der Waals surface area contributed by atoms with E-state index in [0.717, 1.165) is 33.4 Å². The van der Waals surface area contributed by atoms with Crippen LogP contribution in [-0.2, 0) is 0 Å². The van der Waals surface area contributed by atoms with Crippen molar-refractivity contribution >= 4 is 56.8 Å². The lowest BCUT2D eigenvalue weighted by Crippen LogP contribution is -2.77. The summed E-state index contributed by atoms with van der Waals surface area (Å²) in [7, 11) is -2.67. The molecule has 0 spiro atoms. The molecule has 8 aromatic rings. The second-order valence-corrected chi connectivity index (χ2v) is 15.9. The zero-order valence-corrected chi connectivity index (χ0v) is 27.2. The lowest BCUT2D eigenvalue weighted by atomic mass is 10.1. The molecule has 0 bridgehead atoms. The van der Waals surface area contributed by atoms with Crippen LogP contribution in [0.3, 0.4) is 0 Å². The minimum atomic E-state index is -2.67. The van der Waals surface area contributed by atoms with Crippen molar-refractivity contribution in [2.45, 2.75) is 0 Å². The van der Waals surface area contributed by atoms with Gasteiger partial charge in [-0.1, -0.05) is 158 Å². The number of aromatic nitrogens is 2. The van der Waals surface area contributed by atoms with E-state index >= 15 is 0 Å². The fourth-order valence-corrected chi connectivity index (χ4v) is 12.6. The molecule has 2 heterocycles. The Balaban J connectivity index is 1.27. The summed E-state index contributed by atoms with van der Waals surface area (Å²) in [6.45, 7) is 0. The lowest BCUT2D eigenvalue weighted by Gasteiger charge is -2.54. The summed E-state index contributed by atoms with van der Waals surface area (Å²) in [5.74, 6) is 0.713. The summed E-state index contributed by atoms with van der Waals surface area (Å²) in [5.41, 5.74) is 7.42. The van der Waals surface area contributed by atoms with Crippen LogP contribution in [0.4, 0.5) is 17.1 Å². The van der Waals surface area contributed by atoms with Crippen LogP contribution in [0.25, 0.3) is 33.5 Å². The van der Waals surface area contributed by atoms with E-state index in [2.05, 4.69) is 181 Å². The molecule has 1 aliphatic heterocycles. The monoisotopic (exact) mass is 629 g/mol. The van der Waals surface area contributed by atoms with E-state index in [-0.39, 0.29) is 0 Å². The fraction of sp³-hybridized carbons (Fsp3) is 0. The Morgan fingerprint density at radius 1 is 0.417 bits per heavy atom. The Bertz CT molecular complexity index is 2320. The number of rotatable bonds is 5. The van der Waals surface area contributed by atoms with Crippen LogP contribution in [-0.4, -0.2) is 18.0 Å². The van der Waals surface area contributed by atoms with Crippen LogP contribution in [0.15, 0.2) is 188 Å². The highest BCUT2D eigenvalue weighted by molar-refractivity contribution is 7.21. The van der Waals surface area contributed by atoms with Gasteiger partial charge in [-0.15, -0.1) is 10.4 Å². The minimum Gasteiger partial charge on any atom is -0.316 e. The molecule has 0 saturated heterocycles. The molecule has 0 fully saturated rings. The number of hydrogen-bond acceptors (Lipinski definition) is 3. The molecular formula is C44H31N3Si-. The number of anilines is 3. The van der Waals surface area contributed by atoms with E-state index in [4.69, 9.17) is 9.97 Å². The highest BCUT2D eigenvalue weighted by Crippen LogP contribution is 2.39. The Morgan fingerprint density at radius 2 is 0.938 bits per heavy atom. The van der Waals surface area contributed by atoms with E-state index in [0.29, 0.717) is 5.82 Å². The number of fused-ring (bicyclic) bond motifs is 3. The first-order chi connectivity index (χ1) is 23.8. The van der Waals surface area contributed by atoms with Gasteiger partial charge in [-0.05, 0) is 38.4 Å². The molecule has 227 valence electrons. The van der Waals surface area contributed by atoms with Crippen LogP contribution in [0.1, 0.15) is 0 Å². The van der Waals surface area contributed by atoms with Crippen molar-refractivity contribution in [3.8, 4) is 22.6 Å². The van der Waals surface area contributed by atoms with Crippen LogP contribution in [0, 0.1) is 0 Å². The number of nitrogens with zero attached hydrogens (tertiary/aromatic N) is 3. The molecule has 1 aromatic heterocycles. The Morgan fingerprint density at radius 3 is 1.58 bits per heavy atom. The standard InChI is InChI=1S/C44H31N3Si/c1-4-17-32(18-5-1)43-37-25-10-11-26-38(37)45-44(46-43)33-19-16-20-34(31-33)47-39-27-12-14-29-41(39)48(35-21-6-2-7-22-35,36-23-8-3-9-24-36)42-30-15-13-28-40(42)47/h1-31H/q-1. The van der Waals surface area contributed by atoms with Gasteiger partial charge in [0.15, 0.2) is 5.82 Å². The third-order valence-corrected chi connectivity index (χ3v) is 14.4. The maximum absolute atomic E-state index is 5.20. The SMILES string of the molecule is c1ccc(-c2nc(-c3cccc(N4c5ccccc5[Si-](c5ccccc5)(c5ccccc5)c5ccccc54)c3)nc3ccccc23)cc1. The first-order valence-corrected chi connectivity index (χ1v) is 18.4. The summed E-state index contributed by atoms with van der Waals surface area (Å²) >= 11 is 0. The molecule has 7 aromatic carbocycles. The summed E-state index contributed by atoms with van der Waals surface area (Å²) < 4.78 is 0. The van der Waals surface area contributed by atoms with Crippen molar-refractivity contribution < 1.29 is 0 Å². The minimum absolute atomic E-state index is 0.713. The summed E-state index contributed by atoms with van der Waals surface area (Å²) in [6, 6.07) is 67.6. The maximum atomic E-state index is 5.20. The topological polar surface area (TPSA) is 29.0 Å². The third kappa shape index (κ3) is 4.42. The van der Waals surface area contributed by atoms with Crippen molar-refractivity contribution in [1.29, 1.82) is 0 Å². The molecule has 0 aliphatic carbocycles. The van der Waals surface area contributed by atoms with Crippen molar-refractivity contribution in [3.05, 3.63) is 188 Å². The first-order valence-electron chi connectivity index (χ1n) is 16.4. The molecule has 1 aliphatic rings. The van der Waals surface area contributed by atoms with E-state index in [1.54, 1.807) is 0 Å². The van der Waals surface area contributed by atoms with Crippen molar-refractivity contribution in [2.75, 3.05) is 4.90 Å². The molecule has 0 saturated carbocycles. The third-order valence-electron chi connectivity index (χ3n) is 9.52. The molecule has 0 N–H and O–H groups in total. The molecule has 9 rings (SSSR count). The average molecular weight is 630 g/mol. The van der Waals surface area contributed by atoms with Crippen LogP contribution < -0.4 is 25.6 Å². The van der Waals surface area contributed by atoms with E-state index in [9.17, 15) is 0 Å². The van der Waals surface area contributed by atoms with Crippen LogP contribution in [0.2, 0.25) is 0 Å². The predicted octanol–water partition coefficient (Wildman–Crippen LogP) is 8.12. The summed E-state index contributed by atoms with van der Waals surface area (Å²) in [5, 5.41) is 6.55. The maximum Gasteiger partial charge on any atom is 0.160 e. The van der Waals surface area contributed by atoms with Gasteiger partial charge in [-0.2, -0.15) is 10.4 Å². The zero-order valence-electron chi connectivity index (χ0n) is 26.2. The van der Waals surface area contributed by atoms with Gasteiger partial charge in [-0.3, -0.25) is 0 Å². The van der Waals surface area contributed by atoms with Crippen molar-refractivity contribution in [2.24, 2.45) is 0 Å². The fourth-order valence-electron chi connectivity index (χ4n) is 7.50. The van der Waals surface area contributed by atoms with Crippen LogP contribution in [0.5, 0.6) is 0 Å². The number of benzene rings is 7. The number of hydrogen-bond donors (Lipinski definition) is 0. The first kappa shape index (κ1) is 28.1. The van der Waals surface area contributed by atoms with Crippen molar-refractivity contribution in [3.63, 3.8) is 0 Å².